The second kappa shape index (κ2) is 8.56. The molecule has 2 heterocycles. The molecule has 2 aromatic carbocycles. The van der Waals surface area contributed by atoms with Crippen LogP contribution in [0.2, 0.25) is 0 Å². The van der Waals surface area contributed by atoms with Crippen molar-refractivity contribution in [1.82, 2.24) is 5.32 Å². The van der Waals surface area contributed by atoms with E-state index in [4.69, 9.17) is 14.6 Å². The molecule has 0 aromatic heterocycles. The minimum atomic E-state index is -3.72. The fourth-order valence-electron chi connectivity index (χ4n) is 3.65. The van der Waals surface area contributed by atoms with E-state index in [0.717, 1.165) is 5.56 Å². The van der Waals surface area contributed by atoms with Crippen LogP contribution in [0.25, 0.3) is 0 Å². The van der Waals surface area contributed by atoms with Gasteiger partial charge in [-0.1, -0.05) is 12.1 Å². The maximum atomic E-state index is 12.5. The molecule has 164 valence electrons. The lowest BCUT2D eigenvalue weighted by Gasteiger charge is -2.22. The van der Waals surface area contributed by atoms with Gasteiger partial charge in [-0.25, -0.2) is 13.6 Å². The van der Waals surface area contributed by atoms with Crippen LogP contribution in [-0.2, 0) is 26.0 Å². The number of hydrogen-bond donors (Lipinski definition) is 2. The number of rotatable bonds is 6. The van der Waals surface area contributed by atoms with Crippen molar-refractivity contribution in [1.29, 1.82) is 0 Å². The number of amides is 2. The Hall–Kier alpha value is -3.11. The van der Waals surface area contributed by atoms with Crippen molar-refractivity contribution >= 4 is 27.5 Å². The second-order valence-electron chi connectivity index (χ2n) is 7.46. The molecule has 3 N–H and O–H groups in total. The SMILES string of the molecule is NS(=O)(=O)c1ccc(CCNC(=O)[C@@H]2CC(=O)N(c3ccc4c(c3)OCCO4)C2)cc1. The Morgan fingerprint density at radius 1 is 1.10 bits per heavy atom. The molecule has 4 rings (SSSR count). The summed E-state index contributed by atoms with van der Waals surface area (Å²) in [6.45, 7) is 1.63. The van der Waals surface area contributed by atoms with Crippen LogP contribution >= 0.6 is 0 Å². The van der Waals surface area contributed by atoms with Gasteiger partial charge in [0.1, 0.15) is 13.2 Å². The normalized spacial score (nSPS) is 18.2. The summed E-state index contributed by atoms with van der Waals surface area (Å²) < 4.78 is 33.7. The zero-order valence-corrected chi connectivity index (χ0v) is 17.6. The Balaban J connectivity index is 1.31. The van der Waals surface area contributed by atoms with Crippen LogP contribution in [-0.4, -0.2) is 46.5 Å². The maximum absolute atomic E-state index is 12.5. The molecule has 0 bridgehead atoms. The number of nitrogens with zero attached hydrogens (tertiary/aromatic N) is 1. The van der Waals surface area contributed by atoms with Crippen molar-refractivity contribution in [3.63, 3.8) is 0 Å². The van der Waals surface area contributed by atoms with E-state index in [0.29, 0.717) is 49.9 Å². The number of nitrogens with two attached hydrogens (primary N) is 1. The molecular weight excluding hydrogens is 422 g/mol. The second-order valence-corrected chi connectivity index (χ2v) is 9.02. The molecule has 10 heteroatoms. The number of anilines is 1. The Morgan fingerprint density at radius 3 is 2.52 bits per heavy atom. The topological polar surface area (TPSA) is 128 Å². The third-order valence-electron chi connectivity index (χ3n) is 5.30. The van der Waals surface area contributed by atoms with Gasteiger partial charge in [0.15, 0.2) is 11.5 Å². The zero-order chi connectivity index (χ0) is 22.0. The fraction of sp³-hybridized carbons (Fsp3) is 0.333. The van der Waals surface area contributed by atoms with E-state index in [2.05, 4.69) is 5.32 Å². The van der Waals surface area contributed by atoms with Crippen LogP contribution in [0.3, 0.4) is 0 Å². The first kappa shape index (κ1) is 21.1. The first-order valence-electron chi connectivity index (χ1n) is 9.91. The van der Waals surface area contributed by atoms with Crippen molar-refractivity contribution in [2.75, 3.05) is 31.2 Å². The molecule has 31 heavy (non-hydrogen) atoms. The zero-order valence-electron chi connectivity index (χ0n) is 16.7. The van der Waals surface area contributed by atoms with Crippen LogP contribution < -0.4 is 24.8 Å². The van der Waals surface area contributed by atoms with Crippen LogP contribution in [0.4, 0.5) is 5.69 Å². The highest BCUT2D eigenvalue weighted by Gasteiger charge is 2.35. The lowest BCUT2D eigenvalue weighted by atomic mass is 10.1. The number of carbonyl (C=O) groups is 2. The Bertz CT molecular complexity index is 1100. The third kappa shape index (κ3) is 4.80. The molecule has 0 radical (unpaired) electrons. The minimum Gasteiger partial charge on any atom is -0.486 e. The predicted molar refractivity (Wildman–Crippen MR) is 112 cm³/mol. The van der Waals surface area contributed by atoms with E-state index in [1.807, 2.05) is 0 Å². The monoisotopic (exact) mass is 445 g/mol. The van der Waals surface area contributed by atoms with Crippen LogP contribution in [0.15, 0.2) is 47.4 Å². The summed E-state index contributed by atoms with van der Waals surface area (Å²) in [6.07, 6.45) is 0.673. The number of ether oxygens (including phenoxy) is 2. The van der Waals surface area contributed by atoms with Crippen LogP contribution in [0, 0.1) is 5.92 Å². The van der Waals surface area contributed by atoms with E-state index >= 15 is 0 Å². The maximum Gasteiger partial charge on any atom is 0.238 e. The van der Waals surface area contributed by atoms with Crippen LogP contribution in [0.5, 0.6) is 11.5 Å². The van der Waals surface area contributed by atoms with Gasteiger partial charge in [0.2, 0.25) is 21.8 Å². The molecular formula is C21H23N3O6S. The van der Waals surface area contributed by atoms with E-state index in [1.54, 1.807) is 35.2 Å². The number of sulfonamides is 1. The summed E-state index contributed by atoms with van der Waals surface area (Å²) in [7, 11) is -3.72. The molecule has 2 amide bonds. The van der Waals surface area contributed by atoms with Gasteiger partial charge in [0.05, 0.1) is 10.8 Å². The molecule has 1 fully saturated rings. The molecule has 9 nitrogen and oxygen atoms in total. The summed E-state index contributed by atoms with van der Waals surface area (Å²) in [5, 5.41) is 7.94. The molecule has 2 aliphatic rings. The Labute approximate surface area is 180 Å². The number of hydrogen-bond acceptors (Lipinski definition) is 6. The number of primary sulfonamides is 1. The summed E-state index contributed by atoms with van der Waals surface area (Å²) in [5.74, 6) is 0.501. The van der Waals surface area contributed by atoms with Gasteiger partial charge < -0.3 is 19.7 Å². The van der Waals surface area contributed by atoms with Gasteiger partial charge in [0.25, 0.3) is 0 Å². The van der Waals surface area contributed by atoms with E-state index in [9.17, 15) is 18.0 Å². The van der Waals surface area contributed by atoms with E-state index in [1.165, 1.54) is 12.1 Å². The number of benzene rings is 2. The van der Waals surface area contributed by atoms with Crippen LogP contribution in [0.1, 0.15) is 12.0 Å². The first-order chi connectivity index (χ1) is 14.8. The number of carbonyl (C=O) groups excluding carboxylic acids is 2. The quantitative estimate of drug-likeness (QED) is 0.677. The molecule has 0 aliphatic carbocycles. The molecule has 0 unspecified atom stereocenters. The minimum absolute atomic E-state index is 0.0454. The average Bonchev–Trinajstić information content (AvgIpc) is 3.15. The number of fused-ring (bicyclic) bond motifs is 1. The number of nitrogens with one attached hydrogen (secondary N) is 1. The van der Waals surface area contributed by atoms with Gasteiger partial charge >= 0.3 is 0 Å². The highest BCUT2D eigenvalue weighted by Crippen LogP contribution is 2.35. The van der Waals surface area contributed by atoms with Crippen molar-refractivity contribution in [3.8, 4) is 11.5 Å². The van der Waals surface area contributed by atoms with Crippen molar-refractivity contribution in [2.24, 2.45) is 11.1 Å². The summed E-state index contributed by atoms with van der Waals surface area (Å²) in [5.41, 5.74) is 1.55. The Kier molecular flexibility index (Phi) is 5.84. The summed E-state index contributed by atoms with van der Waals surface area (Å²) >= 11 is 0. The molecule has 1 atom stereocenters. The smallest absolute Gasteiger partial charge is 0.238 e. The molecule has 2 aromatic rings. The van der Waals surface area contributed by atoms with Gasteiger partial charge in [-0.3, -0.25) is 9.59 Å². The van der Waals surface area contributed by atoms with Gasteiger partial charge in [-0.2, -0.15) is 0 Å². The highest BCUT2D eigenvalue weighted by atomic mass is 32.2. The molecule has 1 saturated heterocycles. The lowest BCUT2D eigenvalue weighted by Crippen LogP contribution is -2.34. The largest absolute Gasteiger partial charge is 0.486 e. The van der Waals surface area contributed by atoms with Gasteiger partial charge in [-0.05, 0) is 36.2 Å². The lowest BCUT2D eigenvalue weighted by molar-refractivity contribution is -0.126. The summed E-state index contributed by atoms with van der Waals surface area (Å²) in [4.78, 5) is 26.7. The molecule has 0 spiro atoms. The fourth-order valence-corrected chi connectivity index (χ4v) is 4.17. The highest BCUT2D eigenvalue weighted by molar-refractivity contribution is 7.89. The van der Waals surface area contributed by atoms with Crippen molar-refractivity contribution in [3.05, 3.63) is 48.0 Å². The predicted octanol–water partition coefficient (Wildman–Crippen LogP) is 0.817. The Morgan fingerprint density at radius 2 is 1.81 bits per heavy atom. The van der Waals surface area contributed by atoms with Crippen molar-refractivity contribution in [2.45, 2.75) is 17.7 Å². The van der Waals surface area contributed by atoms with Gasteiger partial charge in [0, 0.05) is 31.3 Å². The third-order valence-corrected chi connectivity index (χ3v) is 6.23. The average molecular weight is 445 g/mol. The van der Waals surface area contributed by atoms with Gasteiger partial charge in [-0.15, -0.1) is 0 Å². The van der Waals surface area contributed by atoms with E-state index < -0.39 is 15.9 Å². The van der Waals surface area contributed by atoms with Crippen molar-refractivity contribution < 1.29 is 27.5 Å². The first-order valence-corrected chi connectivity index (χ1v) is 11.5. The molecule has 2 aliphatic heterocycles. The summed E-state index contributed by atoms with van der Waals surface area (Å²) in [6, 6.07) is 11.5. The standard InChI is InChI=1S/C21H23N3O6S/c22-31(27,28)17-4-1-14(2-5-17)7-8-23-21(26)15-11-20(25)24(13-15)16-3-6-18-19(12-16)30-10-9-29-18/h1-6,12,15H,7-11,13H2,(H,23,26)(H2,22,27,28)/t15-/m1/s1. The van der Waals surface area contributed by atoms with E-state index in [-0.39, 0.29) is 23.1 Å². The molecule has 0 saturated carbocycles.